The van der Waals surface area contributed by atoms with Crippen LogP contribution in [0.25, 0.3) is 0 Å². The fraction of sp³-hybridized carbons (Fsp3) is 1.00. The molecule has 112 valence electrons. The van der Waals surface area contributed by atoms with E-state index in [1.807, 2.05) is 0 Å². The second-order valence-electron chi connectivity index (χ2n) is 6.12. The first kappa shape index (κ1) is 15.2. The van der Waals surface area contributed by atoms with Crippen molar-refractivity contribution in [2.75, 3.05) is 53.5 Å². The topological polar surface area (TPSA) is 27.7 Å². The van der Waals surface area contributed by atoms with Gasteiger partial charge in [0.15, 0.2) is 0 Å². The van der Waals surface area contributed by atoms with E-state index in [2.05, 4.69) is 36.1 Å². The standard InChI is InChI=1S/C15H31N3O/c1-4-18-8-5-14(6-9-18)17(3)11-15(16-2)13-7-10-19-12-13/h13-16H,4-12H2,1-3H3. The quantitative estimate of drug-likeness (QED) is 0.779. The fourth-order valence-corrected chi connectivity index (χ4v) is 3.48. The molecule has 0 bridgehead atoms. The van der Waals surface area contributed by atoms with Crippen molar-refractivity contribution in [1.29, 1.82) is 0 Å². The van der Waals surface area contributed by atoms with Crippen molar-refractivity contribution in [1.82, 2.24) is 15.1 Å². The molecule has 0 radical (unpaired) electrons. The summed E-state index contributed by atoms with van der Waals surface area (Å²) in [5, 5.41) is 3.50. The Kier molecular flexibility index (Phi) is 6.07. The van der Waals surface area contributed by atoms with Crippen molar-refractivity contribution >= 4 is 0 Å². The molecule has 0 aromatic heterocycles. The first-order valence-electron chi connectivity index (χ1n) is 7.92. The van der Waals surface area contributed by atoms with Gasteiger partial charge in [-0.3, -0.25) is 0 Å². The van der Waals surface area contributed by atoms with Gasteiger partial charge in [-0.25, -0.2) is 0 Å². The van der Waals surface area contributed by atoms with E-state index in [0.29, 0.717) is 12.0 Å². The molecule has 0 saturated carbocycles. The first-order chi connectivity index (χ1) is 9.24. The largest absolute Gasteiger partial charge is 0.381 e. The molecule has 19 heavy (non-hydrogen) atoms. The maximum atomic E-state index is 5.53. The van der Waals surface area contributed by atoms with Gasteiger partial charge in [-0.15, -0.1) is 0 Å². The Bertz CT molecular complexity index is 248. The van der Waals surface area contributed by atoms with Gasteiger partial charge in [-0.2, -0.15) is 0 Å². The summed E-state index contributed by atoms with van der Waals surface area (Å²) in [4.78, 5) is 5.14. The van der Waals surface area contributed by atoms with E-state index >= 15 is 0 Å². The highest BCUT2D eigenvalue weighted by Crippen LogP contribution is 2.20. The predicted octanol–water partition coefficient (Wildman–Crippen LogP) is 1.03. The third-order valence-corrected chi connectivity index (χ3v) is 5.02. The molecule has 2 atom stereocenters. The average Bonchev–Trinajstić information content (AvgIpc) is 2.98. The zero-order valence-electron chi connectivity index (χ0n) is 12.9. The van der Waals surface area contributed by atoms with E-state index in [1.54, 1.807) is 0 Å². The van der Waals surface area contributed by atoms with E-state index in [9.17, 15) is 0 Å². The minimum Gasteiger partial charge on any atom is -0.381 e. The van der Waals surface area contributed by atoms with Gasteiger partial charge in [-0.05, 0) is 53.0 Å². The van der Waals surface area contributed by atoms with Crippen LogP contribution in [0.15, 0.2) is 0 Å². The molecule has 0 aliphatic carbocycles. The maximum Gasteiger partial charge on any atom is 0.0510 e. The highest BCUT2D eigenvalue weighted by molar-refractivity contribution is 4.84. The third kappa shape index (κ3) is 4.15. The number of nitrogens with one attached hydrogen (secondary N) is 1. The lowest BCUT2D eigenvalue weighted by Crippen LogP contribution is -2.49. The average molecular weight is 269 g/mol. The summed E-state index contributed by atoms with van der Waals surface area (Å²) in [6.07, 6.45) is 3.86. The van der Waals surface area contributed by atoms with Gasteiger partial charge in [0.2, 0.25) is 0 Å². The van der Waals surface area contributed by atoms with Crippen LogP contribution < -0.4 is 5.32 Å². The van der Waals surface area contributed by atoms with Crippen LogP contribution in [0.3, 0.4) is 0 Å². The van der Waals surface area contributed by atoms with E-state index < -0.39 is 0 Å². The van der Waals surface area contributed by atoms with Gasteiger partial charge in [0.05, 0.1) is 6.61 Å². The molecule has 2 aliphatic rings. The first-order valence-corrected chi connectivity index (χ1v) is 7.92. The molecule has 4 heteroatoms. The van der Waals surface area contributed by atoms with Crippen molar-refractivity contribution in [2.24, 2.45) is 5.92 Å². The molecule has 2 fully saturated rings. The highest BCUT2D eigenvalue weighted by Gasteiger charge is 2.28. The molecule has 0 spiro atoms. The van der Waals surface area contributed by atoms with Gasteiger partial charge in [0.25, 0.3) is 0 Å². The van der Waals surface area contributed by atoms with E-state index in [0.717, 1.165) is 25.8 Å². The second-order valence-corrected chi connectivity index (χ2v) is 6.12. The summed E-state index contributed by atoms with van der Waals surface area (Å²) in [7, 11) is 4.39. The predicted molar refractivity (Wildman–Crippen MR) is 79.5 cm³/mol. The summed E-state index contributed by atoms with van der Waals surface area (Å²) in [6, 6.07) is 1.35. The van der Waals surface area contributed by atoms with Gasteiger partial charge in [0.1, 0.15) is 0 Å². The number of nitrogens with zero attached hydrogens (tertiary/aromatic N) is 2. The van der Waals surface area contributed by atoms with Crippen molar-refractivity contribution in [2.45, 2.75) is 38.3 Å². The van der Waals surface area contributed by atoms with Crippen LogP contribution in [0.4, 0.5) is 0 Å². The summed E-state index contributed by atoms with van der Waals surface area (Å²) >= 11 is 0. The Morgan fingerprint density at radius 3 is 2.58 bits per heavy atom. The van der Waals surface area contributed by atoms with Crippen LogP contribution >= 0.6 is 0 Å². The van der Waals surface area contributed by atoms with Gasteiger partial charge in [-0.1, -0.05) is 6.92 Å². The van der Waals surface area contributed by atoms with Crippen LogP contribution in [0, 0.1) is 5.92 Å². The second kappa shape index (κ2) is 7.58. The van der Waals surface area contributed by atoms with Crippen LogP contribution in [0.2, 0.25) is 0 Å². The summed E-state index contributed by atoms with van der Waals surface area (Å²) in [6.45, 7) is 9.04. The maximum absolute atomic E-state index is 5.53. The monoisotopic (exact) mass is 269 g/mol. The molecule has 0 amide bonds. The van der Waals surface area contributed by atoms with Crippen molar-refractivity contribution in [3.63, 3.8) is 0 Å². The molecule has 2 saturated heterocycles. The summed E-state index contributed by atoms with van der Waals surface area (Å²) in [5.41, 5.74) is 0. The Hall–Kier alpha value is -0.160. The Morgan fingerprint density at radius 2 is 2.05 bits per heavy atom. The molecule has 4 nitrogen and oxygen atoms in total. The van der Waals surface area contributed by atoms with E-state index in [1.165, 1.54) is 38.9 Å². The van der Waals surface area contributed by atoms with Crippen LogP contribution in [-0.2, 0) is 4.74 Å². The molecule has 0 aromatic rings. The number of ether oxygens (including phenoxy) is 1. The molecule has 2 heterocycles. The number of piperidine rings is 1. The summed E-state index contributed by atoms with van der Waals surface area (Å²) < 4.78 is 5.53. The zero-order chi connectivity index (χ0) is 13.7. The lowest BCUT2D eigenvalue weighted by atomic mass is 9.97. The van der Waals surface area contributed by atoms with Crippen molar-refractivity contribution in [3.05, 3.63) is 0 Å². The lowest BCUT2D eigenvalue weighted by molar-refractivity contribution is 0.112. The van der Waals surface area contributed by atoms with Crippen molar-refractivity contribution in [3.8, 4) is 0 Å². The SMILES string of the molecule is CCN1CCC(N(C)CC(NC)C2CCOC2)CC1. The number of hydrogen-bond donors (Lipinski definition) is 1. The molecular formula is C15H31N3O. The number of rotatable bonds is 6. The lowest BCUT2D eigenvalue weighted by Gasteiger charge is -2.38. The Labute approximate surface area is 118 Å². The number of likely N-dealkylation sites (tertiary alicyclic amines) is 1. The number of likely N-dealkylation sites (N-methyl/N-ethyl adjacent to an activating group) is 2. The molecule has 2 rings (SSSR count). The van der Waals surface area contributed by atoms with E-state index in [-0.39, 0.29) is 0 Å². The molecular weight excluding hydrogens is 238 g/mol. The smallest absolute Gasteiger partial charge is 0.0510 e. The van der Waals surface area contributed by atoms with Crippen LogP contribution in [-0.4, -0.2) is 75.4 Å². The van der Waals surface area contributed by atoms with Gasteiger partial charge >= 0.3 is 0 Å². The summed E-state index contributed by atoms with van der Waals surface area (Å²) in [5.74, 6) is 0.697. The minimum absolute atomic E-state index is 0.580. The molecule has 1 N–H and O–H groups in total. The molecule has 2 unspecified atom stereocenters. The van der Waals surface area contributed by atoms with Gasteiger partial charge < -0.3 is 19.9 Å². The molecule has 2 aliphatic heterocycles. The highest BCUT2D eigenvalue weighted by atomic mass is 16.5. The third-order valence-electron chi connectivity index (χ3n) is 5.02. The van der Waals surface area contributed by atoms with Crippen molar-refractivity contribution < 1.29 is 4.74 Å². The number of hydrogen-bond acceptors (Lipinski definition) is 4. The zero-order valence-corrected chi connectivity index (χ0v) is 12.9. The van der Waals surface area contributed by atoms with Gasteiger partial charge in [0, 0.05) is 31.2 Å². The Balaban J connectivity index is 1.77. The van der Waals surface area contributed by atoms with Crippen LogP contribution in [0.5, 0.6) is 0 Å². The molecule has 0 aromatic carbocycles. The fourth-order valence-electron chi connectivity index (χ4n) is 3.48. The normalized spacial score (nSPS) is 28.1. The van der Waals surface area contributed by atoms with E-state index in [4.69, 9.17) is 4.74 Å². The minimum atomic E-state index is 0.580. The van der Waals surface area contributed by atoms with Crippen LogP contribution in [0.1, 0.15) is 26.2 Å². The Morgan fingerprint density at radius 1 is 1.32 bits per heavy atom.